The van der Waals surface area contributed by atoms with E-state index < -0.39 is 0 Å². The molecule has 82 valence electrons. The van der Waals surface area contributed by atoms with Gasteiger partial charge in [-0.1, -0.05) is 24.4 Å². The van der Waals surface area contributed by atoms with Crippen LogP contribution in [-0.2, 0) is 0 Å². The second kappa shape index (κ2) is 3.91. The quantitative estimate of drug-likeness (QED) is 0.867. The van der Waals surface area contributed by atoms with Crippen molar-refractivity contribution in [1.82, 2.24) is 8.75 Å². The molecule has 1 unspecified atom stereocenters. The summed E-state index contributed by atoms with van der Waals surface area (Å²) < 4.78 is 8.16. The summed E-state index contributed by atoms with van der Waals surface area (Å²) in [6.07, 6.45) is 6.88. The average molecular weight is 244 g/mol. The zero-order chi connectivity index (χ0) is 10.3. The van der Waals surface area contributed by atoms with Crippen molar-refractivity contribution in [3.63, 3.8) is 0 Å². The Kier molecular flexibility index (Phi) is 2.56. The molecule has 3 nitrogen and oxygen atoms in total. The van der Waals surface area contributed by atoms with Gasteiger partial charge in [-0.2, -0.15) is 8.75 Å². The number of nitrogens with one attached hydrogen (secondary N) is 1. The molecule has 1 heterocycles. The molecule has 1 N–H and O–H groups in total. The normalized spacial score (nSPS) is 34.3. The summed E-state index contributed by atoms with van der Waals surface area (Å²) >= 11 is 7.12. The first-order valence-corrected chi connectivity index (χ1v) is 6.68. The summed E-state index contributed by atoms with van der Waals surface area (Å²) in [6.45, 7) is 0. The monoisotopic (exact) mass is 243 g/mol. The number of fused-ring (bicyclic) bond motifs is 3. The van der Waals surface area contributed by atoms with Crippen LogP contribution in [0.25, 0.3) is 0 Å². The molecule has 0 radical (unpaired) electrons. The van der Waals surface area contributed by atoms with E-state index in [9.17, 15) is 0 Å². The number of aromatic nitrogens is 2. The Balaban J connectivity index is 1.71. The van der Waals surface area contributed by atoms with Crippen LogP contribution in [0.2, 0.25) is 5.15 Å². The van der Waals surface area contributed by atoms with Crippen LogP contribution < -0.4 is 5.32 Å². The second-order valence-electron chi connectivity index (χ2n) is 4.67. The van der Waals surface area contributed by atoms with Crippen molar-refractivity contribution in [2.45, 2.75) is 38.1 Å². The van der Waals surface area contributed by atoms with Crippen LogP contribution >= 0.6 is 23.3 Å². The Hall–Kier alpha value is -0.350. The van der Waals surface area contributed by atoms with Crippen molar-refractivity contribution < 1.29 is 0 Å². The summed E-state index contributed by atoms with van der Waals surface area (Å²) in [5.74, 6) is 2.55. The Bertz CT molecular complexity index is 346. The predicted molar refractivity (Wildman–Crippen MR) is 62.4 cm³/mol. The first-order valence-electron chi connectivity index (χ1n) is 5.57. The first kappa shape index (κ1) is 9.85. The molecule has 15 heavy (non-hydrogen) atoms. The Morgan fingerprint density at radius 3 is 2.53 bits per heavy atom. The Morgan fingerprint density at radius 1 is 1.20 bits per heavy atom. The maximum absolute atomic E-state index is 5.94. The highest BCUT2D eigenvalue weighted by molar-refractivity contribution is 6.99. The predicted octanol–water partition coefficient (Wildman–Crippen LogP) is 3.18. The maximum Gasteiger partial charge on any atom is 0.186 e. The van der Waals surface area contributed by atoms with Gasteiger partial charge in [0.15, 0.2) is 11.0 Å². The average Bonchev–Trinajstić information content (AvgIpc) is 2.66. The van der Waals surface area contributed by atoms with Crippen LogP contribution in [0.5, 0.6) is 0 Å². The van der Waals surface area contributed by atoms with Gasteiger partial charge in [-0.05, 0) is 31.1 Å². The topological polar surface area (TPSA) is 37.8 Å². The van der Waals surface area contributed by atoms with Crippen LogP contribution in [0.3, 0.4) is 0 Å². The fraction of sp³-hybridized carbons (Fsp3) is 0.800. The first-order chi connectivity index (χ1) is 7.33. The van der Waals surface area contributed by atoms with E-state index in [1.165, 1.54) is 43.8 Å². The van der Waals surface area contributed by atoms with Crippen molar-refractivity contribution in [3.05, 3.63) is 5.15 Å². The van der Waals surface area contributed by atoms with Crippen molar-refractivity contribution in [2.75, 3.05) is 5.32 Å². The van der Waals surface area contributed by atoms with Gasteiger partial charge >= 0.3 is 0 Å². The van der Waals surface area contributed by atoms with E-state index >= 15 is 0 Å². The zero-order valence-electron chi connectivity index (χ0n) is 8.45. The number of hydrogen-bond donors (Lipinski definition) is 1. The summed E-state index contributed by atoms with van der Waals surface area (Å²) in [6, 6.07) is 0.582. The fourth-order valence-corrected chi connectivity index (χ4v) is 3.65. The van der Waals surface area contributed by atoms with Crippen LogP contribution in [0, 0.1) is 11.8 Å². The molecular weight excluding hydrogens is 230 g/mol. The van der Waals surface area contributed by atoms with E-state index in [0.29, 0.717) is 11.2 Å². The number of hydrogen-bond acceptors (Lipinski definition) is 4. The number of anilines is 1. The van der Waals surface area contributed by atoms with E-state index in [2.05, 4.69) is 14.1 Å². The minimum atomic E-state index is 0.529. The molecule has 3 fully saturated rings. The summed E-state index contributed by atoms with van der Waals surface area (Å²) in [5, 5.41) is 3.99. The molecule has 1 atom stereocenters. The number of rotatable bonds is 2. The number of nitrogens with zero attached hydrogens (tertiary/aromatic N) is 2. The van der Waals surface area contributed by atoms with Gasteiger partial charge in [-0.25, -0.2) is 0 Å². The highest BCUT2D eigenvalue weighted by Gasteiger charge is 2.35. The standard InChI is InChI=1S/C10H14ClN3S/c11-9-10(14-15-13-9)12-8-5-6-1-3-7(8)4-2-6/h6-8H,1-5H2,(H,12,14). The van der Waals surface area contributed by atoms with Gasteiger partial charge in [0.1, 0.15) is 0 Å². The summed E-state index contributed by atoms with van der Waals surface area (Å²) in [7, 11) is 0. The molecule has 3 aliphatic carbocycles. The summed E-state index contributed by atoms with van der Waals surface area (Å²) in [4.78, 5) is 0. The minimum absolute atomic E-state index is 0.529. The van der Waals surface area contributed by atoms with Crippen LogP contribution in [-0.4, -0.2) is 14.8 Å². The Labute approximate surface area is 98.6 Å². The molecular formula is C10H14ClN3S. The molecule has 5 heteroatoms. The third kappa shape index (κ3) is 1.85. The lowest BCUT2D eigenvalue weighted by molar-refractivity contribution is 0.157. The summed E-state index contributed by atoms with van der Waals surface area (Å²) in [5.41, 5.74) is 0. The van der Waals surface area contributed by atoms with Crippen LogP contribution in [0.4, 0.5) is 5.82 Å². The van der Waals surface area contributed by atoms with E-state index in [0.717, 1.165) is 17.7 Å². The molecule has 0 spiro atoms. The second-order valence-corrected chi connectivity index (χ2v) is 5.56. The van der Waals surface area contributed by atoms with E-state index in [-0.39, 0.29) is 0 Å². The molecule has 1 aromatic rings. The lowest BCUT2D eigenvalue weighted by Gasteiger charge is -2.42. The van der Waals surface area contributed by atoms with Crippen molar-refractivity contribution in [3.8, 4) is 0 Å². The Morgan fingerprint density at radius 2 is 2.00 bits per heavy atom. The van der Waals surface area contributed by atoms with E-state index in [1.54, 1.807) is 0 Å². The van der Waals surface area contributed by atoms with Gasteiger partial charge in [0, 0.05) is 6.04 Å². The molecule has 2 bridgehead atoms. The van der Waals surface area contributed by atoms with Crippen LogP contribution in [0.1, 0.15) is 32.1 Å². The smallest absolute Gasteiger partial charge is 0.186 e. The molecule has 0 amide bonds. The largest absolute Gasteiger partial charge is 0.364 e. The zero-order valence-corrected chi connectivity index (χ0v) is 10.0. The molecule has 0 aliphatic heterocycles. The van der Waals surface area contributed by atoms with E-state index in [4.69, 9.17) is 11.6 Å². The van der Waals surface area contributed by atoms with Crippen molar-refractivity contribution >= 4 is 29.1 Å². The van der Waals surface area contributed by atoms with Crippen molar-refractivity contribution in [2.24, 2.45) is 11.8 Å². The fourth-order valence-electron chi connectivity index (χ4n) is 2.99. The maximum atomic E-state index is 5.94. The number of halogens is 1. The molecule has 0 aromatic carbocycles. The third-order valence-electron chi connectivity index (χ3n) is 3.82. The van der Waals surface area contributed by atoms with Gasteiger partial charge in [-0.3, -0.25) is 0 Å². The molecule has 4 rings (SSSR count). The van der Waals surface area contributed by atoms with Gasteiger partial charge < -0.3 is 5.32 Å². The van der Waals surface area contributed by atoms with Gasteiger partial charge in [0.25, 0.3) is 0 Å². The van der Waals surface area contributed by atoms with Crippen LogP contribution in [0.15, 0.2) is 0 Å². The highest BCUT2D eigenvalue weighted by atomic mass is 35.5. The minimum Gasteiger partial charge on any atom is -0.364 e. The molecule has 0 saturated heterocycles. The van der Waals surface area contributed by atoms with Gasteiger partial charge in [-0.15, -0.1) is 0 Å². The van der Waals surface area contributed by atoms with Gasteiger partial charge in [0.2, 0.25) is 0 Å². The lowest BCUT2D eigenvalue weighted by atomic mass is 9.68. The third-order valence-corrected chi connectivity index (χ3v) is 4.71. The highest BCUT2D eigenvalue weighted by Crippen LogP contribution is 2.42. The SMILES string of the molecule is Clc1nsnc1NC1CC2CCC1CC2. The molecule has 3 saturated carbocycles. The molecule has 3 aliphatic rings. The van der Waals surface area contributed by atoms with Gasteiger partial charge in [0.05, 0.1) is 11.7 Å². The molecule has 1 aromatic heterocycles. The van der Waals surface area contributed by atoms with E-state index in [1.807, 2.05) is 0 Å². The lowest BCUT2D eigenvalue weighted by Crippen LogP contribution is -2.40. The van der Waals surface area contributed by atoms with Crippen molar-refractivity contribution in [1.29, 1.82) is 0 Å².